The Morgan fingerprint density at radius 1 is 0.810 bits per heavy atom. The van der Waals surface area contributed by atoms with Gasteiger partial charge in [-0.05, 0) is 74.1 Å². The Bertz CT molecular complexity index is 555. The van der Waals surface area contributed by atoms with E-state index in [2.05, 4.69) is 41.3 Å². The zero-order valence-corrected chi connectivity index (χ0v) is 13.1. The molecule has 0 aromatic heterocycles. The van der Waals surface area contributed by atoms with Crippen LogP contribution in [-0.4, -0.2) is 24.5 Å². The number of halogens is 1. The fraction of sp³-hybridized carbons (Fsp3) is 0.368. The van der Waals surface area contributed by atoms with Crippen LogP contribution in [0.5, 0.6) is 0 Å². The molecule has 1 aliphatic heterocycles. The number of hydrogen-bond acceptors (Lipinski definition) is 1. The van der Waals surface area contributed by atoms with Crippen LogP contribution in [0.15, 0.2) is 48.5 Å². The van der Waals surface area contributed by atoms with Gasteiger partial charge in [0.25, 0.3) is 0 Å². The van der Waals surface area contributed by atoms with E-state index in [1.807, 2.05) is 12.1 Å². The van der Waals surface area contributed by atoms with Gasteiger partial charge in [0.1, 0.15) is 0 Å². The second-order valence-corrected chi connectivity index (χ2v) is 6.29. The molecule has 0 spiro atoms. The first-order valence-corrected chi connectivity index (χ1v) is 8.26. The van der Waals surface area contributed by atoms with Gasteiger partial charge in [-0.15, -0.1) is 0 Å². The third-order valence-electron chi connectivity index (χ3n) is 4.27. The van der Waals surface area contributed by atoms with Crippen molar-refractivity contribution in [3.8, 4) is 11.1 Å². The van der Waals surface area contributed by atoms with Gasteiger partial charge in [0.2, 0.25) is 0 Å². The molecule has 0 saturated carbocycles. The monoisotopic (exact) mass is 299 g/mol. The normalized spacial score (nSPS) is 14.9. The lowest BCUT2D eigenvalue weighted by Crippen LogP contribution is -2.37. The molecule has 0 amide bonds. The van der Waals surface area contributed by atoms with E-state index < -0.39 is 0 Å². The molecule has 21 heavy (non-hydrogen) atoms. The average molecular weight is 300 g/mol. The molecule has 0 atom stereocenters. The highest BCUT2D eigenvalue weighted by molar-refractivity contribution is 6.30. The predicted octanol–water partition coefficient (Wildman–Crippen LogP) is 5.04. The minimum atomic E-state index is 0.789. The molecule has 2 aromatic carbocycles. The van der Waals surface area contributed by atoms with Crippen molar-refractivity contribution < 1.29 is 0 Å². The van der Waals surface area contributed by atoms with Crippen LogP contribution in [0, 0.1) is 0 Å². The fourth-order valence-corrected chi connectivity index (χ4v) is 2.90. The maximum Gasteiger partial charge on any atom is 0.0406 e. The fourth-order valence-electron chi connectivity index (χ4n) is 2.78. The van der Waals surface area contributed by atoms with Crippen LogP contribution in [0.3, 0.4) is 0 Å². The van der Waals surface area contributed by atoms with Crippen molar-refractivity contribution in [2.24, 2.45) is 0 Å². The Labute approximate surface area is 132 Å². The Kier molecular flexibility index (Phi) is 4.95. The zero-order valence-electron chi connectivity index (χ0n) is 12.4. The lowest BCUT2D eigenvalue weighted by atomic mass is 10.0. The van der Waals surface area contributed by atoms with E-state index in [0.29, 0.717) is 0 Å². The molecule has 0 radical (unpaired) electrons. The van der Waals surface area contributed by atoms with Gasteiger partial charge in [-0.25, -0.2) is 0 Å². The molecular formula is C19H22ClN. The van der Waals surface area contributed by atoms with Crippen LogP contribution < -0.4 is 0 Å². The lowest BCUT2D eigenvalue weighted by molar-refractivity contribution is 0.178. The first kappa shape index (κ1) is 14.6. The summed E-state index contributed by atoms with van der Waals surface area (Å²) in [6, 6.07) is 17.0. The van der Waals surface area contributed by atoms with Crippen LogP contribution >= 0.6 is 11.6 Å². The maximum atomic E-state index is 5.93. The SMILES string of the molecule is Clc1ccc(-c2ccc(CCCCN3CCC3)cc2)cc1. The molecule has 1 fully saturated rings. The van der Waals surface area contributed by atoms with Crippen LogP contribution in [0.2, 0.25) is 5.02 Å². The molecule has 1 aliphatic rings. The summed E-state index contributed by atoms with van der Waals surface area (Å²) in [7, 11) is 0. The summed E-state index contributed by atoms with van der Waals surface area (Å²) in [5.74, 6) is 0. The predicted molar refractivity (Wildman–Crippen MR) is 90.9 cm³/mol. The van der Waals surface area contributed by atoms with Gasteiger partial charge in [-0.2, -0.15) is 0 Å². The van der Waals surface area contributed by atoms with Crippen molar-refractivity contribution in [2.75, 3.05) is 19.6 Å². The number of hydrogen-bond donors (Lipinski definition) is 0. The van der Waals surface area contributed by atoms with Gasteiger partial charge in [-0.1, -0.05) is 48.0 Å². The minimum Gasteiger partial charge on any atom is -0.303 e. The van der Waals surface area contributed by atoms with E-state index in [1.54, 1.807) is 0 Å². The molecule has 110 valence electrons. The molecule has 0 N–H and O–H groups in total. The van der Waals surface area contributed by atoms with Crippen LogP contribution in [0.1, 0.15) is 24.8 Å². The van der Waals surface area contributed by atoms with Crippen molar-refractivity contribution in [3.63, 3.8) is 0 Å². The van der Waals surface area contributed by atoms with Crippen LogP contribution in [0.25, 0.3) is 11.1 Å². The van der Waals surface area contributed by atoms with Crippen molar-refractivity contribution in [3.05, 3.63) is 59.1 Å². The van der Waals surface area contributed by atoms with E-state index in [4.69, 9.17) is 11.6 Å². The lowest BCUT2D eigenvalue weighted by Gasteiger charge is -2.30. The summed E-state index contributed by atoms with van der Waals surface area (Å²) in [6.45, 7) is 3.91. The summed E-state index contributed by atoms with van der Waals surface area (Å²) in [4.78, 5) is 2.55. The Morgan fingerprint density at radius 3 is 2.00 bits per heavy atom. The molecular weight excluding hydrogens is 278 g/mol. The highest BCUT2D eigenvalue weighted by Gasteiger charge is 2.11. The summed E-state index contributed by atoms with van der Waals surface area (Å²) in [5, 5.41) is 0.789. The average Bonchev–Trinajstić information content (AvgIpc) is 2.47. The van der Waals surface area contributed by atoms with Crippen LogP contribution in [0.4, 0.5) is 0 Å². The molecule has 2 aromatic rings. The third-order valence-corrected chi connectivity index (χ3v) is 4.52. The number of rotatable bonds is 6. The van der Waals surface area contributed by atoms with Crippen molar-refractivity contribution in [2.45, 2.75) is 25.7 Å². The summed E-state index contributed by atoms with van der Waals surface area (Å²) >= 11 is 5.93. The number of unbranched alkanes of at least 4 members (excludes halogenated alkanes) is 1. The van der Waals surface area contributed by atoms with E-state index in [9.17, 15) is 0 Å². The first-order valence-electron chi connectivity index (χ1n) is 7.88. The zero-order chi connectivity index (χ0) is 14.5. The van der Waals surface area contributed by atoms with Crippen molar-refractivity contribution in [1.82, 2.24) is 4.90 Å². The second-order valence-electron chi connectivity index (χ2n) is 5.86. The molecule has 1 heterocycles. The van der Waals surface area contributed by atoms with Gasteiger partial charge in [0, 0.05) is 5.02 Å². The smallest absolute Gasteiger partial charge is 0.0406 e. The van der Waals surface area contributed by atoms with Gasteiger partial charge >= 0.3 is 0 Å². The van der Waals surface area contributed by atoms with Crippen molar-refractivity contribution >= 4 is 11.6 Å². The molecule has 3 rings (SSSR count). The van der Waals surface area contributed by atoms with E-state index in [1.165, 1.54) is 62.0 Å². The number of benzene rings is 2. The number of likely N-dealkylation sites (tertiary alicyclic amines) is 1. The van der Waals surface area contributed by atoms with E-state index in [0.717, 1.165) is 5.02 Å². The first-order chi connectivity index (χ1) is 10.3. The minimum absolute atomic E-state index is 0.789. The molecule has 2 heteroatoms. The Morgan fingerprint density at radius 2 is 1.43 bits per heavy atom. The summed E-state index contributed by atoms with van der Waals surface area (Å²) < 4.78 is 0. The third kappa shape index (κ3) is 4.09. The summed E-state index contributed by atoms with van der Waals surface area (Å²) in [6.07, 6.45) is 5.19. The Hall–Kier alpha value is -1.31. The topological polar surface area (TPSA) is 3.24 Å². The molecule has 1 nitrogen and oxygen atoms in total. The standard InChI is InChI=1S/C19H22ClN/c20-19-11-9-18(10-12-19)17-7-5-16(6-8-17)4-1-2-13-21-14-3-15-21/h5-12H,1-4,13-15H2. The molecule has 1 saturated heterocycles. The number of nitrogens with zero attached hydrogens (tertiary/aromatic N) is 1. The molecule has 0 bridgehead atoms. The van der Waals surface area contributed by atoms with E-state index in [-0.39, 0.29) is 0 Å². The Balaban J connectivity index is 1.50. The van der Waals surface area contributed by atoms with Gasteiger partial charge in [0.15, 0.2) is 0 Å². The van der Waals surface area contributed by atoms with Crippen molar-refractivity contribution in [1.29, 1.82) is 0 Å². The highest BCUT2D eigenvalue weighted by atomic mass is 35.5. The van der Waals surface area contributed by atoms with Crippen LogP contribution in [-0.2, 0) is 6.42 Å². The quantitative estimate of drug-likeness (QED) is 0.676. The second kappa shape index (κ2) is 7.11. The maximum absolute atomic E-state index is 5.93. The van der Waals surface area contributed by atoms with E-state index >= 15 is 0 Å². The number of aryl methyl sites for hydroxylation is 1. The van der Waals surface area contributed by atoms with Gasteiger partial charge < -0.3 is 4.90 Å². The van der Waals surface area contributed by atoms with Gasteiger partial charge in [0.05, 0.1) is 0 Å². The molecule has 0 unspecified atom stereocenters. The van der Waals surface area contributed by atoms with Gasteiger partial charge in [-0.3, -0.25) is 0 Å². The summed E-state index contributed by atoms with van der Waals surface area (Å²) in [5.41, 5.74) is 3.93. The highest BCUT2D eigenvalue weighted by Crippen LogP contribution is 2.22. The molecule has 0 aliphatic carbocycles. The largest absolute Gasteiger partial charge is 0.303 e.